The van der Waals surface area contributed by atoms with Gasteiger partial charge in [0.25, 0.3) is 5.91 Å². The monoisotopic (exact) mass is 412 g/mol. The average molecular weight is 413 g/mol. The first-order valence-corrected chi connectivity index (χ1v) is 10.5. The minimum absolute atomic E-state index is 0.0540. The summed E-state index contributed by atoms with van der Waals surface area (Å²) in [6, 6.07) is 13.0. The van der Waals surface area contributed by atoms with Crippen LogP contribution >= 0.6 is 23.2 Å². The van der Waals surface area contributed by atoms with Crippen molar-refractivity contribution in [1.82, 2.24) is 4.98 Å². The van der Waals surface area contributed by atoms with Crippen LogP contribution < -0.4 is 4.90 Å². The van der Waals surface area contributed by atoms with Crippen molar-refractivity contribution in [2.24, 2.45) is 0 Å². The summed E-state index contributed by atoms with van der Waals surface area (Å²) >= 11 is 12.8. The molecule has 0 bridgehead atoms. The second kappa shape index (κ2) is 8.10. The molecule has 0 saturated heterocycles. The van der Waals surface area contributed by atoms with E-state index in [1.807, 2.05) is 42.5 Å². The molecule has 5 heteroatoms. The van der Waals surface area contributed by atoms with E-state index < -0.39 is 0 Å². The maximum absolute atomic E-state index is 13.3. The Balaban J connectivity index is 1.75. The lowest BCUT2D eigenvalue weighted by molar-refractivity contribution is 0.0987. The van der Waals surface area contributed by atoms with E-state index in [9.17, 15) is 4.79 Å². The Kier molecular flexibility index (Phi) is 5.56. The van der Waals surface area contributed by atoms with Crippen LogP contribution in [0.1, 0.15) is 47.8 Å². The van der Waals surface area contributed by atoms with Crippen LogP contribution in [-0.2, 0) is 12.8 Å². The summed E-state index contributed by atoms with van der Waals surface area (Å²) in [5.74, 6) is -0.0540. The quantitative estimate of drug-likeness (QED) is 0.491. The molecule has 3 aromatic rings. The van der Waals surface area contributed by atoms with Crippen LogP contribution in [0.5, 0.6) is 0 Å². The highest BCUT2D eigenvalue weighted by molar-refractivity contribution is 6.36. The normalized spacial score (nSPS) is 13.4. The Morgan fingerprint density at radius 1 is 1.11 bits per heavy atom. The molecule has 0 N–H and O–H groups in total. The van der Waals surface area contributed by atoms with E-state index in [-0.39, 0.29) is 5.91 Å². The summed E-state index contributed by atoms with van der Waals surface area (Å²) in [5.41, 5.74) is 4.45. The fraction of sp³-hybridized carbons (Fsp3) is 0.304. The SMILES string of the molecule is CCCN(C(=O)c1ccc2c(Cl)c3c(nc2c1)CCCC3)c1cccc(Cl)c1. The third-order valence-corrected chi connectivity index (χ3v) is 5.92. The van der Waals surface area contributed by atoms with Crippen molar-refractivity contribution < 1.29 is 4.79 Å². The molecule has 0 radical (unpaired) electrons. The maximum Gasteiger partial charge on any atom is 0.258 e. The molecule has 1 aromatic heterocycles. The average Bonchev–Trinajstić information content (AvgIpc) is 2.71. The van der Waals surface area contributed by atoms with Gasteiger partial charge in [-0.1, -0.05) is 42.3 Å². The number of halogens is 2. The summed E-state index contributed by atoms with van der Waals surface area (Å²) in [5, 5.41) is 2.33. The predicted octanol–water partition coefficient (Wildman–Crippen LogP) is 6.48. The van der Waals surface area contributed by atoms with Crippen molar-refractivity contribution in [3.8, 4) is 0 Å². The number of carbonyl (C=O) groups is 1. The third-order valence-electron chi connectivity index (χ3n) is 5.25. The van der Waals surface area contributed by atoms with E-state index in [1.54, 1.807) is 4.90 Å². The maximum atomic E-state index is 13.3. The number of anilines is 1. The molecule has 0 spiro atoms. The minimum atomic E-state index is -0.0540. The highest BCUT2D eigenvalue weighted by Gasteiger charge is 2.21. The number of benzene rings is 2. The first-order valence-electron chi connectivity index (χ1n) is 9.77. The Morgan fingerprint density at radius 3 is 2.71 bits per heavy atom. The van der Waals surface area contributed by atoms with E-state index in [0.717, 1.165) is 59.4 Å². The number of rotatable bonds is 4. The largest absolute Gasteiger partial charge is 0.308 e. The molecule has 0 fully saturated rings. The molecular formula is C23H22Cl2N2O. The van der Waals surface area contributed by atoms with Gasteiger partial charge in [-0.15, -0.1) is 0 Å². The standard InChI is InChI=1S/C23H22Cl2N2O/c1-2-12-27(17-7-5-6-16(24)14-17)23(28)15-10-11-19-21(13-15)26-20-9-4-3-8-18(20)22(19)25/h5-7,10-11,13-14H,2-4,8-9,12H2,1H3. The van der Waals surface area contributed by atoms with Crippen LogP contribution in [-0.4, -0.2) is 17.4 Å². The summed E-state index contributed by atoms with van der Waals surface area (Å²) in [6.45, 7) is 2.68. The van der Waals surface area contributed by atoms with Crippen molar-refractivity contribution in [2.45, 2.75) is 39.0 Å². The number of nitrogens with zero attached hydrogens (tertiary/aromatic N) is 2. The molecule has 0 aliphatic heterocycles. The first-order chi connectivity index (χ1) is 13.6. The number of fused-ring (bicyclic) bond motifs is 2. The molecule has 144 valence electrons. The number of aromatic nitrogens is 1. The van der Waals surface area contributed by atoms with Gasteiger partial charge in [-0.05, 0) is 68.0 Å². The molecule has 0 saturated carbocycles. The molecule has 1 aliphatic carbocycles. The Labute approximate surface area is 175 Å². The van der Waals surface area contributed by atoms with Crippen LogP contribution in [0, 0.1) is 0 Å². The predicted molar refractivity (Wildman–Crippen MR) is 117 cm³/mol. The first kappa shape index (κ1) is 19.2. The van der Waals surface area contributed by atoms with Crippen LogP contribution in [0.25, 0.3) is 10.9 Å². The lowest BCUT2D eigenvalue weighted by atomic mass is 9.94. The molecule has 2 aromatic carbocycles. The molecule has 0 atom stereocenters. The van der Waals surface area contributed by atoms with Gasteiger partial charge in [0.1, 0.15) is 0 Å². The van der Waals surface area contributed by atoms with Crippen molar-refractivity contribution >= 4 is 45.7 Å². The zero-order valence-electron chi connectivity index (χ0n) is 15.8. The van der Waals surface area contributed by atoms with Gasteiger partial charge in [0.05, 0.1) is 10.5 Å². The van der Waals surface area contributed by atoms with Gasteiger partial charge in [-0.2, -0.15) is 0 Å². The van der Waals surface area contributed by atoms with Crippen molar-refractivity contribution in [3.05, 3.63) is 69.3 Å². The second-order valence-corrected chi connectivity index (χ2v) is 8.04. The Bertz CT molecular complexity index is 1050. The molecule has 0 unspecified atom stereocenters. The van der Waals surface area contributed by atoms with Gasteiger partial charge in [0.15, 0.2) is 0 Å². The number of hydrogen-bond acceptors (Lipinski definition) is 2. The molecule has 1 heterocycles. The summed E-state index contributed by atoms with van der Waals surface area (Å²) in [4.78, 5) is 19.9. The fourth-order valence-corrected chi connectivity index (χ4v) is 4.42. The zero-order valence-corrected chi connectivity index (χ0v) is 17.4. The number of carbonyl (C=O) groups excluding carboxylic acids is 1. The van der Waals surface area contributed by atoms with Crippen molar-refractivity contribution in [2.75, 3.05) is 11.4 Å². The van der Waals surface area contributed by atoms with E-state index in [4.69, 9.17) is 28.2 Å². The van der Waals surface area contributed by atoms with Gasteiger partial charge in [-0.3, -0.25) is 9.78 Å². The number of hydrogen-bond donors (Lipinski definition) is 0. The molecular weight excluding hydrogens is 391 g/mol. The molecule has 1 amide bonds. The highest BCUT2D eigenvalue weighted by atomic mass is 35.5. The van der Waals surface area contributed by atoms with Gasteiger partial charge in [-0.25, -0.2) is 0 Å². The van der Waals surface area contributed by atoms with Crippen LogP contribution in [0.15, 0.2) is 42.5 Å². The van der Waals surface area contributed by atoms with Gasteiger partial charge < -0.3 is 4.90 Å². The molecule has 4 rings (SSSR count). The van der Waals surface area contributed by atoms with Crippen molar-refractivity contribution in [3.63, 3.8) is 0 Å². The smallest absolute Gasteiger partial charge is 0.258 e. The summed E-state index contributed by atoms with van der Waals surface area (Å²) < 4.78 is 0. The van der Waals surface area contributed by atoms with Crippen LogP contribution in [0.3, 0.4) is 0 Å². The lowest BCUT2D eigenvalue weighted by Gasteiger charge is -2.23. The van der Waals surface area contributed by atoms with E-state index in [1.165, 1.54) is 5.56 Å². The van der Waals surface area contributed by atoms with E-state index >= 15 is 0 Å². The fourth-order valence-electron chi connectivity index (χ4n) is 3.87. The number of pyridine rings is 1. The molecule has 1 aliphatic rings. The van der Waals surface area contributed by atoms with Crippen molar-refractivity contribution in [1.29, 1.82) is 0 Å². The number of aryl methyl sites for hydroxylation is 1. The Morgan fingerprint density at radius 2 is 1.93 bits per heavy atom. The highest BCUT2D eigenvalue weighted by Crippen LogP contribution is 2.33. The van der Waals surface area contributed by atoms with Gasteiger partial charge >= 0.3 is 0 Å². The topological polar surface area (TPSA) is 33.2 Å². The summed E-state index contributed by atoms with van der Waals surface area (Å²) in [6.07, 6.45) is 5.08. The Hall–Kier alpha value is -2.10. The molecule has 28 heavy (non-hydrogen) atoms. The van der Waals surface area contributed by atoms with Gasteiger partial charge in [0.2, 0.25) is 0 Å². The lowest BCUT2D eigenvalue weighted by Crippen LogP contribution is -2.31. The third kappa shape index (κ3) is 3.61. The zero-order chi connectivity index (χ0) is 19.7. The van der Waals surface area contributed by atoms with Crippen LogP contribution in [0.4, 0.5) is 5.69 Å². The van der Waals surface area contributed by atoms with Crippen LogP contribution in [0.2, 0.25) is 10.0 Å². The van der Waals surface area contributed by atoms with E-state index in [2.05, 4.69) is 6.92 Å². The number of amides is 1. The van der Waals surface area contributed by atoms with Gasteiger partial charge in [0, 0.05) is 33.9 Å². The molecule has 3 nitrogen and oxygen atoms in total. The second-order valence-electron chi connectivity index (χ2n) is 7.23. The summed E-state index contributed by atoms with van der Waals surface area (Å²) in [7, 11) is 0. The minimum Gasteiger partial charge on any atom is -0.308 e. The van der Waals surface area contributed by atoms with E-state index in [0.29, 0.717) is 17.1 Å².